The van der Waals surface area contributed by atoms with E-state index in [0.717, 1.165) is 12.1 Å². The van der Waals surface area contributed by atoms with E-state index in [-0.39, 0.29) is 28.0 Å². The molecule has 0 heterocycles. The zero-order valence-corrected chi connectivity index (χ0v) is 12.0. The molecule has 0 amide bonds. The third-order valence-corrected chi connectivity index (χ3v) is 3.30. The van der Waals surface area contributed by atoms with Crippen molar-refractivity contribution < 1.29 is 18.3 Å². The van der Waals surface area contributed by atoms with E-state index < -0.39 is 11.7 Å². The molecule has 21 heavy (non-hydrogen) atoms. The molecule has 7 heteroatoms. The summed E-state index contributed by atoms with van der Waals surface area (Å²) in [6, 6.07) is 7.94. The van der Waals surface area contributed by atoms with Crippen LogP contribution in [0.5, 0.6) is 5.75 Å². The third-order valence-electron chi connectivity index (χ3n) is 2.78. The number of anilines is 1. The Bertz CT molecular complexity index is 659. The molecule has 2 aromatic carbocycles. The van der Waals surface area contributed by atoms with Gasteiger partial charge in [0.15, 0.2) is 0 Å². The van der Waals surface area contributed by atoms with Gasteiger partial charge in [-0.25, -0.2) is 0 Å². The first-order valence-corrected chi connectivity index (χ1v) is 6.61. The van der Waals surface area contributed by atoms with Gasteiger partial charge in [0, 0.05) is 22.8 Å². The highest BCUT2D eigenvalue weighted by molar-refractivity contribution is 6.32. The molecule has 0 aromatic heterocycles. The van der Waals surface area contributed by atoms with Crippen LogP contribution in [-0.4, -0.2) is 5.11 Å². The number of nitrogens with one attached hydrogen (secondary N) is 1. The molecule has 0 unspecified atom stereocenters. The highest BCUT2D eigenvalue weighted by Gasteiger charge is 2.31. The molecule has 0 aliphatic carbocycles. The lowest BCUT2D eigenvalue weighted by Crippen LogP contribution is -2.07. The third kappa shape index (κ3) is 3.95. The topological polar surface area (TPSA) is 32.3 Å². The summed E-state index contributed by atoms with van der Waals surface area (Å²) in [5, 5.41) is 12.7. The van der Waals surface area contributed by atoms with Crippen molar-refractivity contribution in [3.63, 3.8) is 0 Å². The van der Waals surface area contributed by atoms with Crippen molar-refractivity contribution in [2.75, 3.05) is 5.32 Å². The lowest BCUT2D eigenvalue weighted by atomic mass is 10.1. The SMILES string of the molecule is Oc1c(Cl)cccc1CNc1cc(Cl)cc(C(F)(F)F)c1. The average molecular weight is 336 g/mol. The van der Waals surface area contributed by atoms with E-state index in [1.54, 1.807) is 12.1 Å². The van der Waals surface area contributed by atoms with Crippen LogP contribution in [0.2, 0.25) is 10.0 Å². The summed E-state index contributed by atoms with van der Waals surface area (Å²) in [6.45, 7) is 0.115. The Labute approximate surface area is 129 Å². The second-order valence-corrected chi connectivity index (χ2v) is 5.17. The van der Waals surface area contributed by atoms with Gasteiger partial charge < -0.3 is 10.4 Å². The smallest absolute Gasteiger partial charge is 0.416 e. The van der Waals surface area contributed by atoms with Crippen LogP contribution in [0.4, 0.5) is 18.9 Å². The maximum atomic E-state index is 12.7. The first-order valence-electron chi connectivity index (χ1n) is 5.85. The predicted octanol–water partition coefficient (Wildman–Crippen LogP) is 5.33. The number of aromatic hydroxyl groups is 1. The number of halogens is 5. The summed E-state index contributed by atoms with van der Waals surface area (Å²) in [7, 11) is 0. The van der Waals surface area contributed by atoms with Crippen LogP contribution in [-0.2, 0) is 12.7 Å². The van der Waals surface area contributed by atoms with Gasteiger partial charge in [-0.2, -0.15) is 13.2 Å². The number of para-hydroxylation sites is 1. The minimum Gasteiger partial charge on any atom is -0.506 e. The monoisotopic (exact) mass is 335 g/mol. The molecule has 0 fully saturated rings. The largest absolute Gasteiger partial charge is 0.506 e. The quantitative estimate of drug-likeness (QED) is 0.794. The van der Waals surface area contributed by atoms with E-state index in [1.807, 2.05) is 0 Å². The standard InChI is InChI=1S/C14H10Cl2F3NO/c15-10-4-9(14(17,18)19)5-11(6-10)20-7-8-2-1-3-12(16)13(8)21/h1-6,20-21H,7H2. The summed E-state index contributed by atoms with van der Waals surface area (Å²) in [6.07, 6.45) is -4.47. The van der Waals surface area contributed by atoms with Gasteiger partial charge in [-0.05, 0) is 24.3 Å². The van der Waals surface area contributed by atoms with E-state index in [9.17, 15) is 18.3 Å². The van der Waals surface area contributed by atoms with Gasteiger partial charge in [0.1, 0.15) is 5.75 Å². The van der Waals surface area contributed by atoms with Gasteiger partial charge in [0.2, 0.25) is 0 Å². The molecule has 2 N–H and O–H groups in total. The summed E-state index contributed by atoms with van der Waals surface area (Å²) in [4.78, 5) is 0. The molecule has 2 rings (SSSR count). The molecule has 2 aromatic rings. The Hall–Kier alpha value is -1.59. The van der Waals surface area contributed by atoms with Crippen molar-refractivity contribution >= 4 is 28.9 Å². The number of hydrogen-bond donors (Lipinski definition) is 2. The van der Waals surface area contributed by atoms with E-state index in [4.69, 9.17) is 23.2 Å². The van der Waals surface area contributed by atoms with Gasteiger partial charge in [0.05, 0.1) is 10.6 Å². The van der Waals surface area contributed by atoms with Gasteiger partial charge in [-0.3, -0.25) is 0 Å². The zero-order chi connectivity index (χ0) is 15.6. The average Bonchev–Trinajstić information content (AvgIpc) is 2.39. The van der Waals surface area contributed by atoms with Gasteiger partial charge in [0.25, 0.3) is 0 Å². The van der Waals surface area contributed by atoms with Crippen LogP contribution >= 0.6 is 23.2 Å². The zero-order valence-electron chi connectivity index (χ0n) is 10.5. The van der Waals surface area contributed by atoms with Crippen molar-refractivity contribution in [2.24, 2.45) is 0 Å². The molecular formula is C14H10Cl2F3NO. The highest BCUT2D eigenvalue weighted by Crippen LogP contribution is 2.34. The van der Waals surface area contributed by atoms with Crippen molar-refractivity contribution in [3.8, 4) is 5.75 Å². The highest BCUT2D eigenvalue weighted by atomic mass is 35.5. The Morgan fingerprint density at radius 3 is 2.48 bits per heavy atom. The molecule has 0 saturated carbocycles. The fourth-order valence-electron chi connectivity index (χ4n) is 1.76. The maximum absolute atomic E-state index is 12.7. The summed E-state index contributed by atoms with van der Waals surface area (Å²) >= 11 is 11.4. The lowest BCUT2D eigenvalue weighted by Gasteiger charge is -2.12. The number of hydrogen-bond acceptors (Lipinski definition) is 2. The van der Waals surface area contributed by atoms with Crippen molar-refractivity contribution in [2.45, 2.75) is 12.7 Å². The van der Waals surface area contributed by atoms with Gasteiger partial charge >= 0.3 is 6.18 Å². The fraction of sp³-hybridized carbons (Fsp3) is 0.143. The molecule has 2 nitrogen and oxygen atoms in total. The van der Waals surface area contributed by atoms with E-state index in [1.165, 1.54) is 12.1 Å². The van der Waals surface area contributed by atoms with Gasteiger partial charge in [-0.1, -0.05) is 35.3 Å². The Balaban J connectivity index is 2.21. The van der Waals surface area contributed by atoms with Crippen molar-refractivity contribution in [3.05, 3.63) is 57.6 Å². The van der Waals surface area contributed by atoms with Crippen molar-refractivity contribution in [1.82, 2.24) is 0 Å². The fourth-order valence-corrected chi connectivity index (χ4v) is 2.18. The van der Waals surface area contributed by atoms with E-state index in [2.05, 4.69) is 5.32 Å². The van der Waals surface area contributed by atoms with Crippen LogP contribution in [0.3, 0.4) is 0 Å². The minimum atomic E-state index is -4.47. The molecular weight excluding hydrogens is 326 g/mol. The Morgan fingerprint density at radius 1 is 1.10 bits per heavy atom. The normalized spacial score (nSPS) is 11.5. The summed E-state index contributed by atoms with van der Waals surface area (Å²) in [5.74, 6) is -0.107. The van der Waals surface area contributed by atoms with Crippen LogP contribution in [0.1, 0.15) is 11.1 Å². The second kappa shape index (κ2) is 6.03. The van der Waals surface area contributed by atoms with E-state index in [0.29, 0.717) is 5.56 Å². The molecule has 0 atom stereocenters. The summed E-state index contributed by atoms with van der Waals surface area (Å²) < 4.78 is 38.1. The lowest BCUT2D eigenvalue weighted by molar-refractivity contribution is -0.137. The second-order valence-electron chi connectivity index (χ2n) is 4.33. The molecule has 0 saturated heterocycles. The van der Waals surface area contributed by atoms with E-state index >= 15 is 0 Å². The molecule has 112 valence electrons. The Kier molecular flexibility index (Phi) is 4.54. The molecule has 0 spiro atoms. The predicted molar refractivity (Wildman–Crippen MR) is 76.9 cm³/mol. The van der Waals surface area contributed by atoms with Crippen LogP contribution < -0.4 is 5.32 Å². The summed E-state index contributed by atoms with van der Waals surface area (Å²) in [5.41, 5.74) is -0.168. The number of alkyl halides is 3. The van der Waals surface area contributed by atoms with Gasteiger partial charge in [-0.15, -0.1) is 0 Å². The van der Waals surface area contributed by atoms with Crippen LogP contribution in [0.25, 0.3) is 0 Å². The number of phenols is 1. The first-order chi connectivity index (χ1) is 9.77. The number of rotatable bonds is 3. The van der Waals surface area contributed by atoms with Crippen molar-refractivity contribution in [1.29, 1.82) is 0 Å². The number of phenolic OH excluding ortho intramolecular Hbond substituents is 1. The first kappa shape index (κ1) is 15.8. The van der Waals surface area contributed by atoms with Crippen LogP contribution in [0.15, 0.2) is 36.4 Å². The van der Waals surface area contributed by atoms with Crippen LogP contribution in [0, 0.1) is 0 Å². The minimum absolute atomic E-state index is 0.0253. The number of benzene rings is 2. The Morgan fingerprint density at radius 2 is 1.81 bits per heavy atom. The molecule has 0 aliphatic heterocycles. The maximum Gasteiger partial charge on any atom is 0.416 e. The molecule has 0 radical (unpaired) electrons. The molecule has 0 aliphatic rings. The molecule has 0 bridgehead atoms.